The fraction of sp³-hybridized carbons (Fsp3) is 0.200. The summed E-state index contributed by atoms with van der Waals surface area (Å²) in [5.74, 6) is -0.384. The van der Waals surface area contributed by atoms with Gasteiger partial charge in [-0.15, -0.1) is 0 Å². The Bertz CT molecular complexity index is 581. The van der Waals surface area contributed by atoms with E-state index in [9.17, 15) is 9.50 Å². The summed E-state index contributed by atoms with van der Waals surface area (Å²) in [5.41, 5.74) is 3.00. The van der Waals surface area contributed by atoms with Gasteiger partial charge in [0.25, 0.3) is 0 Å². The molecule has 0 aliphatic carbocycles. The number of hydrogen-bond acceptors (Lipinski definition) is 1. The lowest BCUT2D eigenvalue weighted by atomic mass is 9.99. The van der Waals surface area contributed by atoms with Crippen LogP contribution in [0.5, 0.6) is 0 Å². The van der Waals surface area contributed by atoms with E-state index in [0.717, 1.165) is 15.6 Å². The van der Waals surface area contributed by atoms with Gasteiger partial charge in [-0.05, 0) is 37.1 Å². The van der Waals surface area contributed by atoms with Gasteiger partial charge in [0.1, 0.15) is 11.9 Å². The first-order valence-corrected chi connectivity index (χ1v) is 6.48. The quantitative estimate of drug-likeness (QED) is 0.877. The van der Waals surface area contributed by atoms with Crippen LogP contribution in [0.4, 0.5) is 4.39 Å². The monoisotopic (exact) mass is 308 g/mol. The minimum atomic E-state index is -0.943. The lowest BCUT2D eigenvalue weighted by molar-refractivity contribution is 0.215. The Morgan fingerprint density at radius 1 is 1.11 bits per heavy atom. The average Bonchev–Trinajstić information content (AvgIpc) is 2.35. The molecule has 0 fully saturated rings. The highest BCUT2D eigenvalue weighted by Crippen LogP contribution is 2.28. The molecule has 1 N–H and O–H groups in total. The van der Waals surface area contributed by atoms with Gasteiger partial charge in [-0.25, -0.2) is 4.39 Å². The van der Waals surface area contributed by atoms with Crippen molar-refractivity contribution in [1.29, 1.82) is 0 Å². The summed E-state index contributed by atoms with van der Waals surface area (Å²) in [5, 5.41) is 10.3. The minimum Gasteiger partial charge on any atom is -0.384 e. The Kier molecular flexibility index (Phi) is 3.83. The number of aryl methyl sites for hydroxylation is 2. The second-order valence-corrected chi connectivity index (χ2v) is 5.29. The number of hydrogen-bond donors (Lipinski definition) is 1. The maximum Gasteiger partial charge on any atom is 0.129 e. The Morgan fingerprint density at radius 2 is 1.83 bits per heavy atom. The molecule has 0 heterocycles. The van der Waals surface area contributed by atoms with E-state index >= 15 is 0 Å². The van der Waals surface area contributed by atoms with Crippen LogP contribution in [0, 0.1) is 19.7 Å². The van der Waals surface area contributed by atoms with Crippen LogP contribution in [0.1, 0.15) is 28.4 Å². The van der Waals surface area contributed by atoms with Crippen molar-refractivity contribution in [2.24, 2.45) is 0 Å². The van der Waals surface area contributed by atoms with Crippen molar-refractivity contribution in [3.05, 3.63) is 68.9 Å². The molecule has 0 radical (unpaired) electrons. The van der Waals surface area contributed by atoms with Crippen LogP contribution in [0.3, 0.4) is 0 Å². The van der Waals surface area contributed by atoms with Crippen LogP contribution in [-0.4, -0.2) is 5.11 Å². The molecule has 1 atom stereocenters. The number of benzene rings is 2. The SMILES string of the molecule is Cc1ccc(F)c(C(O)c2ccc(C)c(Br)c2)c1. The molecule has 0 saturated heterocycles. The Hall–Kier alpha value is -1.19. The van der Waals surface area contributed by atoms with Gasteiger partial charge in [-0.2, -0.15) is 0 Å². The zero-order valence-electron chi connectivity index (χ0n) is 10.2. The summed E-state index contributed by atoms with van der Waals surface area (Å²) in [7, 11) is 0. The second kappa shape index (κ2) is 5.21. The van der Waals surface area contributed by atoms with Crippen LogP contribution in [0.2, 0.25) is 0 Å². The smallest absolute Gasteiger partial charge is 0.129 e. The standard InChI is InChI=1S/C15H14BrFO/c1-9-3-6-14(17)12(7-9)15(18)11-5-4-10(2)13(16)8-11/h3-8,15,18H,1-2H3. The summed E-state index contributed by atoms with van der Waals surface area (Å²) in [6.45, 7) is 3.84. The van der Waals surface area contributed by atoms with Crippen molar-refractivity contribution in [2.45, 2.75) is 20.0 Å². The van der Waals surface area contributed by atoms with Crippen LogP contribution in [0.25, 0.3) is 0 Å². The molecule has 2 aromatic carbocycles. The van der Waals surface area contributed by atoms with E-state index in [2.05, 4.69) is 15.9 Å². The van der Waals surface area contributed by atoms with E-state index in [0.29, 0.717) is 11.1 Å². The molecule has 3 heteroatoms. The molecule has 0 spiro atoms. The highest BCUT2D eigenvalue weighted by molar-refractivity contribution is 9.10. The molecule has 1 nitrogen and oxygen atoms in total. The van der Waals surface area contributed by atoms with E-state index in [1.807, 2.05) is 32.0 Å². The Labute approximate surface area is 114 Å². The Balaban J connectivity index is 2.44. The summed E-state index contributed by atoms with van der Waals surface area (Å²) in [6, 6.07) is 10.3. The van der Waals surface area contributed by atoms with E-state index in [4.69, 9.17) is 0 Å². The summed E-state index contributed by atoms with van der Waals surface area (Å²) in [4.78, 5) is 0. The second-order valence-electron chi connectivity index (χ2n) is 4.44. The first-order valence-electron chi connectivity index (χ1n) is 5.69. The van der Waals surface area contributed by atoms with Crippen LogP contribution in [0.15, 0.2) is 40.9 Å². The molecular weight excluding hydrogens is 295 g/mol. The highest BCUT2D eigenvalue weighted by Gasteiger charge is 2.15. The molecule has 94 valence electrons. The molecule has 0 amide bonds. The van der Waals surface area contributed by atoms with Crippen LogP contribution >= 0.6 is 15.9 Å². The molecule has 0 aliphatic heterocycles. The molecule has 0 aliphatic rings. The topological polar surface area (TPSA) is 20.2 Å². The molecule has 1 unspecified atom stereocenters. The van der Waals surface area contributed by atoms with Gasteiger partial charge in [0.05, 0.1) is 0 Å². The first kappa shape index (κ1) is 13.2. The third-order valence-corrected chi connectivity index (χ3v) is 3.81. The molecule has 0 bridgehead atoms. The maximum atomic E-state index is 13.7. The molecule has 2 rings (SSSR count). The lowest BCUT2D eigenvalue weighted by Crippen LogP contribution is -2.03. The molecular formula is C15H14BrFO. The third-order valence-electron chi connectivity index (χ3n) is 2.96. The number of halogens is 2. The summed E-state index contributed by atoms with van der Waals surface area (Å²) >= 11 is 3.42. The van der Waals surface area contributed by atoms with Gasteiger partial charge in [0.15, 0.2) is 0 Å². The van der Waals surface area contributed by atoms with Gasteiger partial charge < -0.3 is 5.11 Å². The van der Waals surface area contributed by atoms with Gasteiger partial charge >= 0.3 is 0 Å². The van der Waals surface area contributed by atoms with E-state index in [-0.39, 0.29) is 5.82 Å². The van der Waals surface area contributed by atoms with E-state index in [1.165, 1.54) is 6.07 Å². The highest BCUT2D eigenvalue weighted by atomic mass is 79.9. The number of aliphatic hydroxyl groups is 1. The Morgan fingerprint density at radius 3 is 2.50 bits per heavy atom. The summed E-state index contributed by atoms with van der Waals surface area (Å²) in [6.07, 6.45) is -0.943. The summed E-state index contributed by atoms with van der Waals surface area (Å²) < 4.78 is 14.6. The molecule has 2 aromatic rings. The lowest BCUT2D eigenvalue weighted by Gasteiger charge is -2.14. The van der Waals surface area contributed by atoms with Crippen molar-refractivity contribution in [2.75, 3.05) is 0 Å². The van der Waals surface area contributed by atoms with E-state index in [1.54, 1.807) is 12.1 Å². The van der Waals surface area contributed by atoms with Crippen molar-refractivity contribution < 1.29 is 9.50 Å². The number of rotatable bonds is 2. The normalized spacial score (nSPS) is 12.5. The van der Waals surface area contributed by atoms with Crippen LogP contribution < -0.4 is 0 Å². The first-order chi connectivity index (χ1) is 8.49. The van der Waals surface area contributed by atoms with Crippen molar-refractivity contribution >= 4 is 15.9 Å². The predicted octanol–water partition coefficient (Wildman–Crippen LogP) is 4.29. The zero-order valence-corrected chi connectivity index (χ0v) is 11.8. The number of aliphatic hydroxyl groups excluding tert-OH is 1. The van der Waals surface area contributed by atoms with Gasteiger partial charge in [-0.1, -0.05) is 45.8 Å². The predicted molar refractivity (Wildman–Crippen MR) is 74.1 cm³/mol. The van der Waals surface area contributed by atoms with Gasteiger partial charge in [-0.3, -0.25) is 0 Å². The molecule has 18 heavy (non-hydrogen) atoms. The third kappa shape index (κ3) is 2.62. The van der Waals surface area contributed by atoms with Crippen molar-refractivity contribution in [3.8, 4) is 0 Å². The van der Waals surface area contributed by atoms with Crippen molar-refractivity contribution in [1.82, 2.24) is 0 Å². The molecule has 0 saturated carbocycles. The fourth-order valence-corrected chi connectivity index (χ4v) is 2.23. The van der Waals surface area contributed by atoms with E-state index < -0.39 is 6.10 Å². The van der Waals surface area contributed by atoms with Gasteiger partial charge in [0.2, 0.25) is 0 Å². The van der Waals surface area contributed by atoms with Crippen molar-refractivity contribution in [3.63, 3.8) is 0 Å². The molecule has 0 aromatic heterocycles. The zero-order chi connectivity index (χ0) is 13.3. The van der Waals surface area contributed by atoms with Gasteiger partial charge in [0, 0.05) is 10.0 Å². The van der Waals surface area contributed by atoms with Crippen LogP contribution in [-0.2, 0) is 0 Å². The average molecular weight is 309 g/mol. The largest absolute Gasteiger partial charge is 0.384 e. The maximum absolute atomic E-state index is 13.7. The fourth-order valence-electron chi connectivity index (χ4n) is 1.83. The minimum absolute atomic E-state index is 0.311.